The maximum absolute atomic E-state index is 12.1. The molecule has 158 valence electrons. The van der Waals surface area contributed by atoms with Crippen molar-refractivity contribution < 1.29 is 9.59 Å². The molecule has 0 bridgehead atoms. The largest absolute Gasteiger partial charge is 0.365 e. The fraction of sp³-hybridized carbons (Fsp3) is 0.217. The van der Waals surface area contributed by atoms with Crippen LogP contribution in [0.4, 0.5) is 23.1 Å². The SMILES string of the molecule is CC(=O)Nc1cccc(Nc2ncc(C(N)=O)c(N(Cc3ccccc3)C3CC3)n2)c1. The second-order valence-electron chi connectivity index (χ2n) is 7.53. The van der Waals surface area contributed by atoms with Crippen LogP contribution in [0.3, 0.4) is 0 Å². The van der Waals surface area contributed by atoms with E-state index < -0.39 is 5.91 Å². The van der Waals surface area contributed by atoms with E-state index in [4.69, 9.17) is 5.73 Å². The summed E-state index contributed by atoms with van der Waals surface area (Å²) in [4.78, 5) is 34.5. The fourth-order valence-electron chi connectivity index (χ4n) is 3.38. The molecule has 8 nitrogen and oxygen atoms in total. The van der Waals surface area contributed by atoms with Gasteiger partial charge in [0.1, 0.15) is 11.4 Å². The third-order valence-corrected chi connectivity index (χ3v) is 4.93. The molecule has 0 radical (unpaired) electrons. The number of anilines is 4. The van der Waals surface area contributed by atoms with Gasteiger partial charge in [0, 0.05) is 37.1 Å². The van der Waals surface area contributed by atoms with Gasteiger partial charge in [-0.25, -0.2) is 4.98 Å². The Hall–Kier alpha value is -3.94. The third kappa shape index (κ3) is 5.16. The van der Waals surface area contributed by atoms with Crippen LogP contribution in [0.1, 0.15) is 35.7 Å². The first-order valence-electron chi connectivity index (χ1n) is 10.1. The van der Waals surface area contributed by atoms with Crippen LogP contribution in [0, 0.1) is 0 Å². The van der Waals surface area contributed by atoms with Crippen molar-refractivity contribution >= 4 is 35.0 Å². The lowest BCUT2D eigenvalue weighted by molar-refractivity contribution is -0.114. The summed E-state index contributed by atoms with van der Waals surface area (Å²) in [5.41, 5.74) is 8.42. The summed E-state index contributed by atoms with van der Waals surface area (Å²) in [6.45, 7) is 2.08. The molecular weight excluding hydrogens is 392 g/mol. The summed E-state index contributed by atoms with van der Waals surface area (Å²) in [6.07, 6.45) is 3.54. The number of hydrogen-bond acceptors (Lipinski definition) is 6. The highest BCUT2D eigenvalue weighted by Gasteiger charge is 2.32. The van der Waals surface area contributed by atoms with Crippen LogP contribution in [0.15, 0.2) is 60.8 Å². The van der Waals surface area contributed by atoms with Crippen molar-refractivity contribution in [1.82, 2.24) is 9.97 Å². The molecule has 2 aromatic carbocycles. The molecule has 3 aromatic rings. The summed E-state index contributed by atoms with van der Waals surface area (Å²) < 4.78 is 0. The Kier molecular flexibility index (Phi) is 5.79. The monoisotopic (exact) mass is 416 g/mol. The molecule has 0 saturated heterocycles. The topological polar surface area (TPSA) is 113 Å². The van der Waals surface area contributed by atoms with E-state index in [0.29, 0.717) is 41.3 Å². The van der Waals surface area contributed by atoms with Gasteiger partial charge in [0.15, 0.2) is 0 Å². The average Bonchev–Trinajstić information content (AvgIpc) is 3.57. The molecule has 2 amide bonds. The number of amides is 2. The molecule has 0 spiro atoms. The zero-order valence-corrected chi connectivity index (χ0v) is 17.2. The molecule has 1 aliphatic rings. The van der Waals surface area contributed by atoms with Crippen molar-refractivity contribution in [3.8, 4) is 0 Å². The first-order chi connectivity index (χ1) is 15.0. The van der Waals surface area contributed by atoms with E-state index in [0.717, 1.165) is 18.4 Å². The number of hydrogen-bond donors (Lipinski definition) is 3. The Morgan fingerprint density at radius 2 is 1.84 bits per heavy atom. The van der Waals surface area contributed by atoms with Gasteiger partial charge in [-0.05, 0) is 36.6 Å². The molecule has 1 aliphatic carbocycles. The lowest BCUT2D eigenvalue weighted by Crippen LogP contribution is -2.29. The number of carbonyl (C=O) groups is 2. The molecule has 0 atom stereocenters. The van der Waals surface area contributed by atoms with Crippen molar-refractivity contribution in [2.75, 3.05) is 15.5 Å². The van der Waals surface area contributed by atoms with E-state index in [1.807, 2.05) is 42.5 Å². The molecule has 1 heterocycles. The lowest BCUT2D eigenvalue weighted by Gasteiger charge is -2.25. The number of benzene rings is 2. The Labute approximate surface area is 180 Å². The van der Waals surface area contributed by atoms with Gasteiger partial charge in [0.2, 0.25) is 11.9 Å². The molecule has 0 aliphatic heterocycles. The first kappa shape index (κ1) is 20.3. The summed E-state index contributed by atoms with van der Waals surface area (Å²) in [5.74, 6) is 0.156. The summed E-state index contributed by atoms with van der Waals surface area (Å²) >= 11 is 0. The van der Waals surface area contributed by atoms with E-state index in [1.165, 1.54) is 13.1 Å². The first-order valence-corrected chi connectivity index (χ1v) is 10.1. The zero-order chi connectivity index (χ0) is 21.8. The van der Waals surface area contributed by atoms with Crippen molar-refractivity contribution in [2.24, 2.45) is 5.73 Å². The van der Waals surface area contributed by atoms with E-state index in [1.54, 1.807) is 12.1 Å². The standard InChI is InChI=1S/C23H24N6O2/c1-15(30)26-17-8-5-9-18(12-17)27-23-25-13-20(21(24)31)22(28-23)29(19-10-11-19)14-16-6-3-2-4-7-16/h2-9,12-13,19H,10-11,14H2,1H3,(H2,24,31)(H,26,30)(H,25,27,28). The van der Waals surface area contributed by atoms with Crippen molar-refractivity contribution in [1.29, 1.82) is 0 Å². The third-order valence-electron chi connectivity index (χ3n) is 4.93. The highest BCUT2D eigenvalue weighted by Crippen LogP contribution is 2.34. The van der Waals surface area contributed by atoms with Crippen LogP contribution in [0.25, 0.3) is 0 Å². The van der Waals surface area contributed by atoms with Gasteiger partial charge in [0.05, 0.1) is 0 Å². The number of nitrogens with zero attached hydrogens (tertiary/aromatic N) is 3. The Balaban J connectivity index is 1.65. The maximum atomic E-state index is 12.1. The number of rotatable bonds is 8. The number of nitrogens with two attached hydrogens (primary N) is 1. The van der Waals surface area contributed by atoms with Crippen molar-refractivity contribution in [3.05, 3.63) is 71.9 Å². The van der Waals surface area contributed by atoms with Crippen molar-refractivity contribution in [2.45, 2.75) is 32.4 Å². The van der Waals surface area contributed by atoms with Crippen LogP contribution >= 0.6 is 0 Å². The Morgan fingerprint density at radius 3 is 2.52 bits per heavy atom. The Bertz CT molecular complexity index is 1100. The smallest absolute Gasteiger partial charge is 0.254 e. The van der Waals surface area contributed by atoms with Gasteiger partial charge in [-0.15, -0.1) is 0 Å². The molecule has 1 aromatic heterocycles. The molecule has 31 heavy (non-hydrogen) atoms. The number of carbonyl (C=O) groups excluding carboxylic acids is 2. The minimum absolute atomic E-state index is 0.150. The van der Waals surface area contributed by atoms with E-state index >= 15 is 0 Å². The van der Waals surface area contributed by atoms with Crippen LogP contribution in [-0.4, -0.2) is 27.8 Å². The molecule has 4 N–H and O–H groups in total. The second-order valence-corrected chi connectivity index (χ2v) is 7.53. The molecular formula is C23H24N6O2. The van der Waals surface area contributed by atoms with Crippen LogP contribution in [0.2, 0.25) is 0 Å². The normalized spacial score (nSPS) is 12.8. The lowest BCUT2D eigenvalue weighted by atomic mass is 10.2. The predicted octanol–water partition coefficient (Wildman–Crippen LogP) is 3.45. The van der Waals surface area contributed by atoms with E-state index in [-0.39, 0.29) is 5.91 Å². The molecule has 1 fully saturated rings. The minimum atomic E-state index is -0.562. The summed E-state index contributed by atoms with van der Waals surface area (Å²) in [5, 5.41) is 5.90. The summed E-state index contributed by atoms with van der Waals surface area (Å²) in [7, 11) is 0. The van der Waals surface area contributed by atoms with Crippen LogP contribution in [0.5, 0.6) is 0 Å². The van der Waals surface area contributed by atoms with Gasteiger partial charge < -0.3 is 21.3 Å². The van der Waals surface area contributed by atoms with Gasteiger partial charge in [-0.2, -0.15) is 4.98 Å². The van der Waals surface area contributed by atoms with Crippen molar-refractivity contribution in [3.63, 3.8) is 0 Å². The number of aromatic nitrogens is 2. The van der Waals surface area contributed by atoms with Gasteiger partial charge in [-0.3, -0.25) is 9.59 Å². The van der Waals surface area contributed by atoms with Gasteiger partial charge in [-0.1, -0.05) is 36.4 Å². The second kappa shape index (κ2) is 8.83. The number of primary amides is 1. The highest BCUT2D eigenvalue weighted by atomic mass is 16.1. The molecule has 4 rings (SSSR count). The van der Waals surface area contributed by atoms with E-state index in [2.05, 4.69) is 25.5 Å². The quantitative estimate of drug-likeness (QED) is 0.518. The molecule has 8 heteroatoms. The van der Waals surface area contributed by atoms with Gasteiger partial charge in [0.25, 0.3) is 5.91 Å². The summed E-state index contributed by atoms with van der Waals surface area (Å²) in [6, 6.07) is 17.6. The number of nitrogens with one attached hydrogen (secondary N) is 2. The fourth-order valence-corrected chi connectivity index (χ4v) is 3.38. The molecule has 0 unspecified atom stereocenters. The van der Waals surface area contributed by atoms with Gasteiger partial charge >= 0.3 is 0 Å². The minimum Gasteiger partial charge on any atom is -0.365 e. The zero-order valence-electron chi connectivity index (χ0n) is 17.2. The maximum Gasteiger partial charge on any atom is 0.254 e. The highest BCUT2D eigenvalue weighted by molar-refractivity contribution is 5.97. The predicted molar refractivity (Wildman–Crippen MR) is 120 cm³/mol. The van der Waals surface area contributed by atoms with Crippen LogP contribution < -0.4 is 21.3 Å². The van der Waals surface area contributed by atoms with E-state index in [9.17, 15) is 9.59 Å². The Morgan fingerprint density at radius 1 is 1.10 bits per heavy atom. The van der Waals surface area contributed by atoms with Crippen LogP contribution in [-0.2, 0) is 11.3 Å². The average molecular weight is 416 g/mol. The molecule has 1 saturated carbocycles.